The summed E-state index contributed by atoms with van der Waals surface area (Å²) < 4.78 is 15.5. The third-order valence-corrected chi connectivity index (χ3v) is 8.37. The average molecular weight is 629 g/mol. The van der Waals surface area contributed by atoms with Gasteiger partial charge in [0.15, 0.2) is 11.8 Å². The third kappa shape index (κ3) is 6.21. The Morgan fingerprint density at radius 3 is 2.19 bits per heavy atom. The van der Waals surface area contributed by atoms with Crippen molar-refractivity contribution in [2.24, 2.45) is 13.0 Å². The lowest BCUT2D eigenvalue weighted by atomic mass is 10.0. The van der Waals surface area contributed by atoms with E-state index in [1.165, 1.54) is 0 Å². The second-order valence-electron chi connectivity index (χ2n) is 11.5. The molecule has 0 spiro atoms. The van der Waals surface area contributed by atoms with Crippen LogP contribution in [0.1, 0.15) is 27.1 Å². The summed E-state index contributed by atoms with van der Waals surface area (Å²) in [5.41, 5.74) is 4.98. The molecular weight excluding hydrogens is 596 g/mol. The quantitative estimate of drug-likeness (QED) is 0.211. The van der Waals surface area contributed by atoms with Gasteiger partial charge in [-0.25, -0.2) is 14.6 Å². The molecule has 47 heavy (non-hydrogen) atoms. The number of carbonyl (C=O) groups excluding carboxylic acids is 2. The van der Waals surface area contributed by atoms with Gasteiger partial charge >= 0.3 is 11.9 Å². The van der Waals surface area contributed by atoms with Gasteiger partial charge in [-0.1, -0.05) is 54.6 Å². The molecular formula is C36H32N6O5. The number of nitrogens with zero attached hydrogens (tertiary/aromatic N) is 5. The van der Waals surface area contributed by atoms with Crippen molar-refractivity contribution in [3.63, 3.8) is 0 Å². The lowest BCUT2D eigenvalue weighted by Crippen LogP contribution is -2.42. The lowest BCUT2D eigenvalue weighted by Gasteiger charge is -2.27. The zero-order valence-electron chi connectivity index (χ0n) is 25.5. The standard InChI is InChI=1S/C36H32N6O5/c1-41-21-28(20-38-41)25-13-8-14-26(17-25)29-19-32-37-16-15-31(42(32)40-29)39-30-18-27(22-43)33(46-35(44)23-9-4-2-5-10-23)34(30)47-36(45)24-11-6-3-7-12-24/h2-17,19-21,27,30,33-34,39,43H,18,22H2,1H3/t27-,30-,33-,34+/m1/s1. The van der Waals surface area contributed by atoms with Crippen LogP contribution >= 0.6 is 0 Å². The molecule has 3 heterocycles. The molecule has 0 saturated heterocycles. The molecule has 236 valence electrons. The van der Waals surface area contributed by atoms with Gasteiger partial charge in [-0.15, -0.1) is 0 Å². The van der Waals surface area contributed by atoms with E-state index in [0.29, 0.717) is 29.0 Å². The molecule has 6 aromatic rings. The minimum atomic E-state index is -0.915. The van der Waals surface area contributed by atoms with Crippen molar-refractivity contribution in [3.8, 4) is 22.4 Å². The number of ether oxygens (including phenoxy) is 2. The Morgan fingerprint density at radius 1 is 0.851 bits per heavy atom. The molecule has 0 bridgehead atoms. The summed E-state index contributed by atoms with van der Waals surface area (Å²) in [6.45, 7) is -0.269. The van der Waals surface area contributed by atoms with Crippen LogP contribution in [0.3, 0.4) is 0 Å². The van der Waals surface area contributed by atoms with Crippen molar-refractivity contribution in [1.82, 2.24) is 24.4 Å². The van der Waals surface area contributed by atoms with Crippen LogP contribution in [0.15, 0.2) is 116 Å². The fourth-order valence-electron chi connectivity index (χ4n) is 6.02. The van der Waals surface area contributed by atoms with Crippen molar-refractivity contribution >= 4 is 23.4 Å². The van der Waals surface area contributed by atoms with Gasteiger partial charge in [-0.05, 0) is 48.4 Å². The van der Waals surface area contributed by atoms with Gasteiger partial charge in [0, 0.05) is 49.2 Å². The number of aromatic nitrogens is 5. The van der Waals surface area contributed by atoms with Gasteiger partial charge < -0.3 is 19.9 Å². The Hall–Kier alpha value is -5.81. The number of nitrogens with one attached hydrogen (secondary N) is 1. The van der Waals surface area contributed by atoms with Crippen LogP contribution in [0.5, 0.6) is 0 Å². The summed E-state index contributed by atoms with van der Waals surface area (Å²) in [7, 11) is 1.88. The zero-order chi connectivity index (χ0) is 32.3. The molecule has 11 nitrogen and oxygen atoms in total. The fraction of sp³-hybridized carbons (Fsp3) is 0.194. The highest BCUT2D eigenvalue weighted by molar-refractivity contribution is 5.90. The number of aliphatic hydroxyl groups excluding tert-OH is 1. The van der Waals surface area contributed by atoms with E-state index in [2.05, 4.69) is 21.5 Å². The van der Waals surface area contributed by atoms with Gasteiger partial charge in [-0.3, -0.25) is 4.68 Å². The number of benzene rings is 3. The lowest BCUT2D eigenvalue weighted by molar-refractivity contribution is -0.0424. The first kappa shape index (κ1) is 29.9. The van der Waals surface area contributed by atoms with Crippen LogP contribution in [0, 0.1) is 5.92 Å². The summed E-state index contributed by atoms with van der Waals surface area (Å²) in [6, 6.07) is 28.4. The molecule has 0 unspecified atom stereocenters. The highest BCUT2D eigenvalue weighted by atomic mass is 16.6. The molecule has 0 aliphatic heterocycles. The first-order chi connectivity index (χ1) is 23.0. The fourth-order valence-corrected chi connectivity index (χ4v) is 6.02. The monoisotopic (exact) mass is 628 g/mol. The number of aryl methyl sites for hydroxylation is 1. The van der Waals surface area contributed by atoms with Crippen molar-refractivity contribution in [1.29, 1.82) is 0 Å². The summed E-state index contributed by atoms with van der Waals surface area (Å²) >= 11 is 0. The van der Waals surface area contributed by atoms with E-state index in [9.17, 15) is 14.7 Å². The summed E-state index contributed by atoms with van der Waals surface area (Å²) in [5.74, 6) is -1.01. The van der Waals surface area contributed by atoms with Crippen molar-refractivity contribution in [2.45, 2.75) is 24.7 Å². The zero-order valence-corrected chi connectivity index (χ0v) is 25.5. The Balaban J connectivity index is 1.20. The van der Waals surface area contributed by atoms with Crippen LogP contribution < -0.4 is 5.32 Å². The Kier molecular flexibility index (Phi) is 8.20. The van der Waals surface area contributed by atoms with E-state index in [-0.39, 0.29) is 6.61 Å². The summed E-state index contributed by atoms with van der Waals surface area (Å²) in [5, 5.41) is 23.0. The molecule has 3 aromatic carbocycles. The predicted octanol–water partition coefficient (Wildman–Crippen LogP) is 5.04. The molecule has 7 rings (SSSR count). The second kappa shape index (κ2) is 12.9. The number of esters is 2. The van der Waals surface area contributed by atoms with Gasteiger partial charge in [-0.2, -0.15) is 14.7 Å². The van der Waals surface area contributed by atoms with E-state index in [0.717, 1.165) is 22.4 Å². The highest BCUT2D eigenvalue weighted by Gasteiger charge is 2.48. The van der Waals surface area contributed by atoms with Gasteiger partial charge in [0.1, 0.15) is 11.9 Å². The largest absolute Gasteiger partial charge is 0.454 e. The summed E-state index contributed by atoms with van der Waals surface area (Å²) in [6.07, 6.45) is 3.99. The van der Waals surface area contributed by atoms with E-state index in [1.807, 2.05) is 49.8 Å². The number of anilines is 1. The molecule has 0 amide bonds. The molecule has 1 fully saturated rings. The van der Waals surface area contributed by atoms with Crippen molar-refractivity contribution in [2.75, 3.05) is 11.9 Å². The van der Waals surface area contributed by atoms with Crippen LogP contribution in [0.25, 0.3) is 28.0 Å². The molecule has 3 aromatic heterocycles. The maximum atomic E-state index is 13.3. The number of hydrogen-bond acceptors (Lipinski definition) is 9. The number of rotatable bonds is 9. The first-order valence-corrected chi connectivity index (χ1v) is 15.3. The van der Waals surface area contributed by atoms with Crippen LogP contribution in [0.2, 0.25) is 0 Å². The predicted molar refractivity (Wildman–Crippen MR) is 175 cm³/mol. The third-order valence-electron chi connectivity index (χ3n) is 8.37. The molecule has 2 N–H and O–H groups in total. The maximum Gasteiger partial charge on any atom is 0.338 e. The minimum absolute atomic E-state index is 0.269. The maximum absolute atomic E-state index is 13.3. The normalized spacial score (nSPS) is 19.0. The minimum Gasteiger partial charge on any atom is -0.454 e. The Labute approximate surface area is 270 Å². The number of aliphatic hydroxyl groups is 1. The topological polar surface area (TPSA) is 133 Å². The number of fused-ring (bicyclic) bond motifs is 1. The van der Waals surface area contributed by atoms with Crippen LogP contribution in [-0.2, 0) is 16.5 Å². The molecule has 0 radical (unpaired) electrons. The second-order valence-corrected chi connectivity index (χ2v) is 11.5. The number of carbonyl (C=O) groups is 2. The average Bonchev–Trinajstić information content (AvgIpc) is 3.83. The van der Waals surface area contributed by atoms with Crippen LogP contribution in [0.4, 0.5) is 5.82 Å². The van der Waals surface area contributed by atoms with Gasteiger partial charge in [0.25, 0.3) is 0 Å². The number of hydrogen-bond donors (Lipinski definition) is 2. The van der Waals surface area contributed by atoms with Gasteiger partial charge in [0.05, 0.1) is 29.1 Å². The smallest absolute Gasteiger partial charge is 0.338 e. The molecule has 1 aliphatic rings. The molecule has 11 heteroatoms. The molecule has 4 atom stereocenters. The Bertz CT molecular complexity index is 2030. The summed E-state index contributed by atoms with van der Waals surface area (Å²) in [4.78, 5) is 31.0. The molecule has 1 aliphatic carbocycles. The highest BCUT2D eigenvalue weighted by Crippen LogP contribution is 2.35. The molecule has 1 saturated carbocycles. The van der Waals surface area contributed by atoms with Crippen molar-refractivity contribution in [3.05, 3.63) is 127 Å². The van der Waals surface area contributed by atoms with E-state index >= 15 is 0 Å². The van der Waals surface area contributed by atoms with Crippen molar-refractivity contribution < 1.29 is 24.2 Å². The van der Waals surface area contributed by atoms with E-state index in [4.69, 9.17) is 14.6 Å². The van der Waals surface area contributed by atoms with E-state index < -0.39 is 36.1 Å². The van der Waals surface area contributed by atoms with E-state index in [1.54, 1.807) is 76.1 Å². The van der Waals surface area contributed by atoms with Crippen LogP contribution in [-0.4, -0.2) is 66.3 Å². The SMILES string of the molecule is Cn1cc(-c2cccc(-c3cc4nccc(N[C@@H]5C[C@H](CO)[C@@H](OC(=O)c6ccccc6)[C@H]5OC(=O)c5ccccc5)n4n3)c2)cn1. The Morgan fingerprint density at radius 2 is 1.53 bits per heavy atom. The van der Waals surface area contributed by atoms with Gasteiger partial charge in [0.2, 0.25) is 0 Å². The first-order valence-electron chi connectivity index (χ1n) is 15.3.